The molecule has 2 nitrogen and oxygen atoms in total. The molecule has 0 fully saturated rings. The van der Waals surface area contributed by atoms with E-state index in [1.54, 1.807) is 18.2 Å². The van der Waals surface area contributed by atoms with Crippen molar-refractivity contribution in [3.63, 3.8) is 0 Å². The minimum Gasteiger partial charge on any atom is -0.330 e. The van der Waals surface area contributed by atoms with Gasteiger partial charge in [0.15, 0.2) is 5.78 Å². The summed E-state index contributed by atoms with van der Waals surface area (Å²) in [5.74, 6) is -0.632. The highest BCUT2D eigenvalue weighted by atomic mass is 19.4. The highest BCUT2D eigenvalue weighted by molar-refractivity contribution is 6.10. The topological polar surface area (TPSA) is 43.1 Å². The number of hydrogen-bond donors (Lipinski definition) is 1. The summed E-state index contributed by atoms with van der Waals surface area (Å²) in [6, 6.07) is 11.4. The Balaban J connectivity index is 2.51. The number of ketones is 1. The number of hydrogen-bond acceptors (Lipinski definition) is 2. The molecule has 0 unspecified atom stereocenters. The second kappa shape index (κ2) is 6.10. The van der Waals surface area contributed by atoms with Crippen LogP contribution >= 0.6 is 0 Å². The summed E-state index contributed by atoms with van der Waals surface area (Å²) in [4.78, 5) is 12.5. The maximum absolute atomic E-state index is 13.0. The Morgan fingerprint density at radius 3 is 2.14 bits per heavy atom. The highest BCUT2D eigenvalue weighted by Gasteiger charge is 2.35. The van der Waals surface area contributed by atoms with Gasteiger partial charge in [-0.15, -0.1) is 0 Å². The van der Waals surface area contributed by atoms with E-state index < -0.39 is 17.5 Å². The average Bonchev–Trinajstić information content (AvgIpc) is 2.46. The van der Waals surface area contributed by atoms with Crippen molar-refractivity contribution in [3.05, 3.63) is 70.8 Å². The zero-order valence-electron chi connectivity index (χ0n) is 11.2. The van der Waals surface area contributed by atoms with E-state index in [0.29, 0.717) is 18.5 Å². The molecule has 0 heterocycles. The number of alkyl halides is 3. The lowest BCUT2D eigenvalue weighted by atomic mass is 9.93. The van der Waals surface area contributed by atoms with Gasteiger partial charge in [0.1, 0.15) is 0 Å². The molecule has 0 aromatic heterocycles. The van der Waals surface area contributed by atoms with Crippen LogP contribution < -0.4 is 5.73 Å². The minimum atomic E-state index is -4.56. The Bertz CT molecular complexity index is 650. The van der Waals surface area contributed by atoms with Crippen molar-refractivity contribution in [2.45, 2.75) is 12.6 Å². The van der Waals surface area contributed by atoms with Gasteiger partial charge in [0.2, 0.25) is 0 Å². The van der Waals surface area contributed by atoms with E-state index in [4.69, 9.17) is 5.73 Å². The van der Waals surface area contributed by atoms with E-state index in [2.05, 4.69) is 0 Å². The zero-order valence-corrected chi connectivity index (χ0v) is 11.2. The van der Waals surface area contributed by atoms with Gasteiger partial charge < -0.3 is 5.73 Å². The van der Waals surface area contributed by atoms with Gasteiger partial charge in [-0.25, -0.2) is 0 Å². The lowest BCUT2D eigenvalue weighted by Gasteiger charge is -2.13. The molecule has 2 aromatic rings. The largest absolute Gasteiger partial charge is 0.417 e. The molecule has 0 aliphatic rings. The predicted molar refractivity (Wildman–Crippen MR) is 74.1 cm³/mol. The fourth-order valence-electron chi connectivity index (χ4n) is 2.19. The van der Waals surface area contributed by atoms with Gasteiger partial charge >= 0.3 is 6.18 Å². The van der Waals surface area contributed by atoms with E-state index in [1.807, 2.05) is 0 Å². The first kappa shape index (κ1) is 15.3. The summed E-state index contributed by atoms with van der Waals surface area (Å²) >= 11 is 0. The standard InChI is InChI=1S/C16H14F3NO/c17-16(18,19)14-8-4-3-7-13(14)15(21)12-6-2-1-5-11(12)9-10-20/h1-8H,9-10,20H2. The van der Waals surface area contributed by atoms with Crippen LogP contribution in [-0.2, 0) is 12.6 Å². The highest BCUT2D eigenvalue weighted by Crippen LogP contribution is 2.33. The summed E-state index contributed by atoms with van der Waals surface area (Å²) in [6.45, 7) is 0.325. The summed E-state index contributed by atoms with van der Waals surface area (Å²) in [5, 5.41) is 0. The fraction of sp³-hybridized carbons (Fsp3) is 0.188. The van der Waals surface area contributed by atoms with Gasteiger partial charge in [-0.2, -0.15) is 13.2 Å². The SMILES string of the molecule is NCCc1ccccc1C(=O)c1ccccc1C(F)(F)F. The molecule has 2 rings (SSSR count). The first-order chi connectivity index (χ1) is 9.95. The van der Waals surface area contributed by atoms with Crippen LogP contribution in [0.5, 0.6) is 0 Å². The normalized spacial score (nSPS) is 11.4. The van der Waals surface area contributed by atoms with Crippen molar-refractivity contribution < 1.29 is 18.0 Å². The maximum Gasteiger partial charge on any atom is 0.417 e. The third kappa shape index (κ3) is 3.31. The third-order valence-corrected chi connectivity index (χ3v) is 3.15. The molecule has 0 bridgehead atoms. The molecule has 2 N–H and O–H groups in total. The molecule has 0 atom stereocenters. The van der Waals surface area contributed by atoms with E-state index in [0.717, 1.165) is 6.07 Å². The van der Waals surface area contributed by atoms with Gasteiger partial charge in [-0.3, -0.25) is 4.79 Å². The van der Waals surface area contributed by atoms with Crippen LogP contribution in [-0.4, -0.2) is 12.3 Å². The zero-order chi connectivity index (χ0) is 15.5. The molecular weight excluding hydrogens is 279 g/mol. The third-order valence-electron chi connectivity index (χ3n) is 3.15. The van der Waals surface area contributed by atoms with Crippen molar-refractivity contribution in [2.24, 2.45) is 5.73 Å². The quantitative estimate of drug-likeness (QED) is 0.878. The number of halogens is 3. The van der Waals surface area contributed by atoms with Crippen LogP contribution in [0.15, 0.2) is 48.5 Å². The summed E-state index contributed by atoms with van der Waals surface area (Å²) in [7, 11) is 0. The smallest absolute Gasteiger partial charge is 0.330 e. The van der Waals surface area contributed by atoms with Gasteiger partial charge in [0.05, 0.1) is 5.56 Å². The maximum atomic E-state index is 13.0. The van der Waals surface area contributed by atoms with Crippen molar-refractivity contribution >= 4 is 5.78 Å². The van der Waals surface area contributed by atoms with E-state index in [1.165, 1.54) is 24.3 Å². The molecule has 2 aromatic carbocycles. The Labute approximate surface area is 120 Å². The summed E-state index contributed by atoms with van der Waals surface area (Å²) < 4.78 is 39.0. The molecule has 0 aliphatic heterocycles. The van der Waals surface area contributed by atoms with Crippen LogP contribution in [0, 0.1) is 0 Å². The van der Waals surface area contributed by atoms with Crippen molar-refractivity contribution in [1.29, 1.82) is 0 Å². The Kier molecular flexibility index (Phi) is 4.43. The molecule has 110 valence electrons. The van der Waals surface area contributed by atoms with Crippen LogP contribution in [0.3, 0.4) is 0 Å². The molecule has 0 amide bonds. The van der Waals surface area contributed by atoms with Gasteiger partial charge in [0.25, 0.3) is 0 Å². The Morgan fingerprint density at radius 1 is 0.952 bits per heavy atom. The number of carbonyl (C=O) groups excluding carboxylic acids is 1. The lowest BCUT2D eigenvalue weighted by Crippen LogP contribution is -2.15. The van der Waals surface area contributed by atoms with Crippen molar-refractivity contribution in [2.75, 3.05) is 6.54 Å². The van der Waals surface area contributed by atoms with Gasteiger partial charge in [-0.1, -0.05) is 42.5 Å². The number of carbonyl (C=O) groups is 1. The summed E-state index contributed by atoms with van der Waals surface area (Å²) in [6.07, 6.45) is -4.12. The molecular formula is C16H14F3NO. The van der Waals surface area contributed by atoms with Crippen LogP contribution in [0.2, 0.25) is 0 Å². The van der Waals surface area contributed by atoms with E-state index in [-0.39, 0.29) is 11.1 Å². The molecule has 0 radical (unpaired) electrons. The minimum absolute atomic E-state index is 0.264. The molecule has 21 heavy (non-hydrogen) atoms. The molecule has 0 aliphatic carbocycles. The average molecular weight is 293 g/mol. The Hall–Kier alpha value is -2.14. The monoisotopic (exact) mass is 293 g/mol. The molecule has 0 saturated carbocycles. The second-order valence-corrected chi connectivity index (χ2v) is 4.57. The lowest BCUT2D eigenvalue weighted by molar-refractivity contribution is -0.137. The predicted octanol–water partition coefficient (Wildman–Crippen LogP) is 3.44. The van der Waals surface area contributed by atoms with Crippen LogP contribution in [0.4, 0.5) is 13.2 Å². The second-order valence-electron chi connectivity index (χ2n) is 4.57. The number of benzene rings is 2. The van der Waals surface area contributed by atoms with E-state index in [9.17, 15) is 18.0 Å². The Morgan fingerprint density at radius 2 is 1.52 bits per heavy atom. The van der Waals surface area contributed by atoms with Crippen molar-refractivity contribution in [1.82, 2.24) is 0 Å². The number of nitrogens with two attached hydrogens (primary N) is 1. The van der Waals surface area contributed by atoms with E-state index >= 15 is 0 Å². The number of rotatable bonds is 4. The van der Waals surface area contributed by atoms with Crippen LogP contribution in [0.25, 0.3) is 0 Å². The van der Waals surface area contributed by atoms with Gasteiger partial charge in [-0.05, 0) is 24.6 Å². The van der Waals surface area contributed by atoms with Gasteiger partial charge in [0, 0.05) is 11.1 Å². The summed E-state index contributed by atoms with van der Waals surface area (Å²) in [5.41, 5.74) is 5.14. The van der Waals surface area contributed by atoms with Crippen molar-refractivity contribution in [3.8, 4) is 0 Å². The first-order valence-corrected chi connectivity index (χ1v) is 6.44. The fourth-order valence-corrected chi connectivity index (χ4v) is 2.19. The molecule has 0 spiro atoms. The van der Waals surface area contributed by atoms with Crippen LogP contribution in [0.1, 0.15) is 27.0 Å². The first-order valence-electron chi connectivity index (χ1n) is 6.44. The molecule has 5 heteroatoms. The molecule has 0 saturated heterocycles.